The van der Waals surface area contributed by atoms with Crippen LogP contribution in [0.15, 0.2) is 34.2 Å². The van der Waals surface area contributed by atoms with Crippen molar-refractivity contribution in [3.05, 3.63) is 35.3 Å². The zero-order chi connectivity index (χ0) is 30.2. The summed E-state index contributed by atoms with van der Waals surface area (Å²) < 4.78 is 33.8. The lowest BCUT2D eigenvalue weighted by atomic mass is 9.52. The Hall–Kier alpha value is -2.77. The number of carbonyl (C=O) groups is 3. The van der Waals surface area contributed by atoms with Crippen LogP contribution in [0.4, 0.5) is 0 Å². The lowest BCUT2D eigenvalue weighted by Gasteiger charge is -2.51. The maximum atomic E-state index is 13.8. The van der Waals surface area contributed by atoms with E-state index < -0.39 is 60.8 Å². The summed E-state index contributed by atoms with van der Waals surface area (Å²) in [6.07, 6.45) is -0.662. The van der Waals surface area contributed by atoms with Gasteiger partial charge in [0.15, 0.2) is 12.4 Å². The van der Waals surface area contributed by atoms with Crippen molar-refractivity contribution in [1.82, 2.24) is 0 Å². The van der Waals surface area contributed by atoms with E-state index >= 15 is 0 Å². The minimum Gasteiger partial charge on any atom is -0.472 e. The summed E-state index contributed by atoms with van der Waals surface area (Å²) in [7, 11) is 0. The number of ether oxygens (including phenoxy) is 5. The molecule has 0 aromatic carbocycles. The Morgan fingerprint density at radius 1 is 1.17 bits per heavy atom. The first kappa shape index (κ1) is 30.7. The fourth-order valence-corrected chi connectivity index (χ4v) is 7.50. The van der Waals surface area contributed by atoms with Gasteiger partial charge in [-0.2, -0.15) is 0 Å². The summed E-state index contributed by atoms with van der Waals surface area (Å²) in [4.78, 5) is 37.3. The zero-order valence-electron chi connectivity index (χ0n) is 24.1. The number of fused-ring (bicyclic) bond motifs is 2. The maximum absolute atomic E-state index is 13.8. The van der Waals surface area contributed by atoms with Crippen LogP contribution in [0, 0.1) is 23.2 Å². The van der Waals surface area contributed by atoms with Crippen LogP contribution in [0.1, 0.15) is 64.5 Å². The first-order valence-electron chi connectivity index (χ1n) is 14.6. The van der Waals surface area contributed by atoms with Crippen LogP contribution in [0.5, 0.6) is 0 Å². The Bertz CT molecular complexity index is 1180. The highest BCUT2D eigenvalue weighted by atomic mass is 16.7. The van der Waals surface area contributed by atoms with Crippen molar-refractivity contribution in [2.24, 2.45) is 23.2 Å². The van der Waals surface area contributed by atoms with E-state index in [9.17, 15) is 29.7 Å². The van der Waals surface area contributed by atoms with Gasteiger partial charge in [-0.25, -0.2) is 0 Å². The van der Waals surface area contributed by atoms with Gasteiger partial charge in [0, 0.05) is 31.7 Å². The van der Waals surface area contributed by atoms with Crippen LogP contribution in [-0.2, 0) is 38.1 Å². The first-order chi connectivity index (χ1) is 20.1. The number of rotatable bonds is 8. The van der Waals surface area contributed by atoms with E-state index in [1.54, 1.807) is 18.6 Å². The molecule has 232 valence electrons. The molecular weight excluding hydrogens is 552 g/mol. The van der Waals surface area contributed by atoms with Crippen LogP contribution in [0.3, 0.4) is 0 Å². The number of aliphatic hydroxyl groups excluding tert-OH is 3. The van der Waals surface area contributed by atoms with Gasteiger partial charge in [-0.3, -0.25) is 14.4 Å². The quantitative estimate of drug-likeness (QED) is 0.228. The second kappa shape index (κ2) is 12.5. The molecule has 4 aliphatic rings. The molecule has 0 bridgehead atoms. The highest BCUT2D eigenvalue weighted by Gasteiger charge is 2.62. The van der Waals surface area contributed by atoms with Crippen LogP contribution >= 0.6 is 0 Å². The van der Waals surface area contributed by atoms with Gasteiger partial charge in [0.2, 0.25) is 0 Å². The molecule has 1 aromatic heterocycles. The number of cyclic esters (lactones) is 1. The summed E-state index contributed by atoms with van der Waals surface area (Å²) in [5.41, 5.74) is 1.99. The topological polar surface area (TPSA) is 171 Å². The SMILES string of the molecule is CC(=O)OCC1=C2[C@H](CO[C@@H]3O[C@H](CO)[C@@H](O)[C@H](O)[C@H]3OC(C)=O)C[C@@H](C)[C@]3(C[C@@H](c4ccoc4)OC3=O)[C@H]2CCC1. The standard InChI is InChI=1S/C30H40O12/c1-15-9-20(14-39-28-27(40-17(3)33)26(35)25(34)23(11-31)41-28)24-19(13-38-16(2)32)5-4-6-21(24)30(15)10-22(42-29(30)36)18-7-8-37-12-18/h7-8,12,15,20-23,25-28,31,34-35H,4-6,9-11,13-14H2,1-3H3/t15-,20+,21+,22+,23-,25-,26+,27-,28-,30-/m1/s1. The van der Waals surface area contributed by atoms with Gasteiger partial charge in [0.05, 0.1) is 31.2 Å². The molecule has 1 saturated carbocycles. The van der Waals surface area contributed by atoms with Gasteiger partial charge in [0.25, 0.3) is 0 Å². The zero-order valence-corrected chi connectivity index (χ0v) is 24.1. The smallest absolute Gasteiger partial charge is 0.313 e. The average Bonchev–Trinajstić information content (AvgIpc) is 3.61. The van der Waals surface area contributed by atoms with Gasteiger partial charge in [0.1, 0.15) is 31.0 Å². The van der Waals surface area contributed by atoms with E-state index in [4.69, 9.17) is 28.1 Å². The van der Waals surface area contributed by atoms with Crippen LogP contribution in [0.25, 0.3) is 0 Å². The Kier molecular flexibility index (Phi) is 9.10. The van der Waals surface area contributed by atoms with Crippen LogP contribution in [0.2, 0.25) is 0 Å². The minimum atomic E-state index is -1.53. The number of hydrogen-bond acceptors (Lipinski definition) is 12. The second-order valence-corrected chi connectivity index (χ2v) is 11.9. The molecule has 0 radical (unpaired) electrons. The molecule has 0 amide bonds. The molecule has 2 saturated heterocycles. The van der Waals surface area contributed by atoms with Crippen molar-refractivity contribution in [3.63, 3.8) is 0 Å². The van der Waals surface area contributed by atoms with E-state index in [-0.39, 0.29) is 36.9 Å². The molecule has 2 aliphatic heterocycles. The lowest BCUT2D eigenvalue weighted by molar-refractivity contribution is -0.306. The Morgan fingerprint density at radius 2 is 1.95 bits per heavy atom. The monoisotopic (exact) mass is 592 g/mol. The fourth-order valence-electron chi connectivity index (χ4n) is 7.50. The lowest BCUT2D eigenvalue weighted by Crippen LogP contribution is -2.60. The van der Waals surface area contributed by atoms with E-state index in [2.05, 4.69) is 0 Å². The van der Waals surface area contributed by atoms with E-state index in [1.807, 2.05) is 6.92 Å². The van der Waals surface area contributed by atoms with Gasteiger partial charge in [-0.1, -0.05) is 12.5 Å². The molecule has 10 atom stereocenters. The molecule has 42 heavy (non-hydrogen) atoms. The van der Waals surface area contributed by atoms with Crippen molar-refractivity contribution in [3.8, 4) is 0 Å². The molecule has 12 nitrogen and oxygen atoms in total. The molecule has 12 heteroatoms. The maximum Gasteiger partial charge on any atom is 0.313 e. The highest BCUT2D eigenvalue weighted by Crippen LogP contribution is 2.62. The van der Waals surface area contributed by atoms with Gasteiger partial charge < -0.3 is 43.4 Å². The number of carbonyl (C=O) groups excluding carboxylic acids is 3. The van der Waals surface area contributed by atoms with Gasteiger partial charge >= 0.3 is 17.9 Å². The first-order valence-corrected chi connectivity index (χ1v) is 14.6. The van der Waals surface area contributed by atoms with E-state index in [0.29, 0.717) is 19.3 Å². The summed E-state index contributed by atoms with van der Waals surface area (Å²) in [6, 6.07) is 1.81. The molecule has 2 aliphatic carbocycles. The average molecular weight is 593 g/mol. The normalized spacial score (nSPS) is 38.2. The largest absolute Gasteiger partial charge is 0.472 e. The third kappa shape index (κ3) is 5.62. The summed E-state index contributed by atoms with van der Waals surface area (Å²) in [5, 5.41) is 30.7. The molecule has 3 N–H and O–H groups in total. The molecule has 3 fully saturated rings. The molecule has 1 aromatic rings. The number of esters is 3. The summed E-state index contributed by atoms with van der Waals surface area (Å²) >= 11 is 0. The van der Waals surface area contributed by atoms with Crippen LogP contribution < -0.4 is 0 Å². The van der Waals surface area contributed by atoms with E-state index in [0.717, 1.165) is 29.6 Å². The predicted molar refractivity (Wildman–Crippen MR) is 142 cm³/mol. The highest BCUT2D eigenvalue weighted by molar-refractivity contribution is 5.81. The Balaban J connectivity index is 1.45. The Morgan fingerprint density at radius 3 is 2.62 bits per heavy atom. The third-order valence-electron chi connectivity index (χ3n) is 9.44. The molecule has 0 unspecified atom stereocenters. The number of furan rings is 1. The van der Waals surface area contributed by atoms with Crippen molar-refractivity contribution < 1.29 is 57.8 Å². The minimum absolute atomic E-state index is 0.0828. The third-order valence-corrected chi connectivity index (χ3v) is 9.44. The van der Waals surface area contributed by atoms with Crippen LogP contribution in [-0.4, -0.2) is 83.8 Å². The molecular formula is C30H40O12. The van der Waals surface area contributed by atoms with Crippen molar-refractivity contribution >= 4 is 17.9 Å². The summed E-state index contributed by atoms with van der Waals surface area (Å²) in [6.45, 7) is 4.19. The Labute approximate surface area is 243 Å². The molecule has 1 spiro atoms. The molecule has 5 rings (SSSR count). The van der Waals surface area contributed by atoms with Crippen molar-refractivity contribution in [1.29, 1.82) is 0 Å². The van der Waals surface area contributed by atoms with Crippen molar-refractivity contribution in [2.45, 2.75) is 89.7 Å². The number of hydrogen-bond donors (Lipinski definition) is 3. The predicted octanol–water partition coefficient (Wildman–Crippen LogP) is 1.96. The van der Waals surface area contributed by atoms with Gasteiger partial charge in [-0.15, -0.1) is 0 Å². The van der Waals surface area contributed by atoms with E-state index in [1.165, 1.54) is 13.8 Å². The molecule has 3 heterocycles. The van der Waals surface area contributed by atoms with Crippen molar-refractivity contribution in [2.75, 3.05) is 19.8 Å². The number of aliphatic hydroxyl groups is 3. The van der Waals surface area contributed by atoms with Gasteiger partial charge in [-0.05, 0) is 49.2 Å². The second-order valence-electron chi connectivity index (χ2n) is 11.9. The summed E-state index contributed by atoms with van der Waals surface area (Å²) in [5.74, 6) is -1.81. The fraction of sp³-hybridized carbons (Fsp3) is 0.700.